The van der Waals surface area contributed by atoms with Crippen molar-refractivity contribution in [3.8, 4) is 0 Å². The molecule has 5 heteroatoms. The molecule has 0 bridgehead atoms. The lowest BCUT2D eigenvalue weighted by Gasteiger charge is -2.35. The van der Waals surface area contributed by atoms with Crippen LogP contribution in [0.4, 0.5) is 0 Å². The van der Waals surface area contributed by atoms with Gasteiger partial charge in [-0.05, 0) is 37.3 Å². The molecule has 2 atom stereocenters. The van der Waals surface area contributed by atoms with Crippen molar-refractivity contribution >= 4 is 17.7 Å². The zero-order valence-corrected chi connectivity index (χ0v) is 14.1. The number of imide groups is 1. The lowest BCUT2D eigenvalue weighted by molar-refractivity contribution is -0.147. The van der Waals surface area contributed by atoms with E-state index in [0.29, 0.717) is 12.3 Å². The number of carbonyl (C=O) groups is 3. The SMILES string of the molecule is CC(C)C1=C[CH]C2C(=C1)C(C)(C)C(=O)N2C1CCC(=O)NC1=O.[HH]. The van der Waals surface area contributed by atoms with E-state index in [4.69, 9.17) is 0 Å². The molecule has 1 radical (unpaired) electrons. The number of carbonyl (C=O) groups excluding carboxylic acids is 3. The molecule has 0 saturated carbocycles. The molecule has 2 fully saturated rings. The van der Waals surface area contributed by atoms with Crippen molar-refractivity contribution in [2.24, 2.45) is 11.3 Å². The van der Waals surface area contributed by atoms with Gasteiger partial charge in [0.05, 0.1) is 11.5 Å². The van der Waals surface area contributed by atoms with Gasteiger partial charge in [-0.15, -0.1) is 0 Å². The van der Waals surface area contributed by atoms with Gasteiger partial charge in [0.1, 0.15) is 6.04 Å². The summed E-state index contributed by atoms with van der Waals surface area (Å²) in [5, 5.41) is 2.36. The van der Waals surface area contributed by atoms with Gasteiger partial charge in [0.15, 0.2) is 0 Å². The molecule has 3 rings (SSSR count). The van der Waals surface area contributed by atoms with Crippen LogP contribution >= 0.6 is 0 Å². The number of hydrogen-bond acceptors (Lipinski definition) is 3. The van der Waals surface area contributed by atoms with Crippen molar-refractivity contribution < 1.29 is 15.8 Å². The number of likely N-dealkylation sites (tertiary alicyclic amines) is 1. The van der Waals surface area contributed by atoms with Crippen LogP contribution in [0.3, 0.4) is 0 Å². The highest BCUT2D eigenvalue weighted by molar-refractivity contribution is 6.03. The van der Waals surface area contributed by atoms with Gasteiger partial charge in [0, 0.05) is 14.3 Å². The number of nitrogens with zero attached hydrogens (tertiary/aromatic N) is 1. The fourth-order valence-corrected chi connectivity index (χ4v) is 3.63. The molecule has 2 unspecified atom stereocenters. The van der Waals surface area contributed by atoms with E-state index < -0.39 is 11.5 Å². The summed E-state index contributed by atoms with van der Waals surface area (Å²) < 4.78 is 0. The largest absolute Gasteiger partial charge is 0.323 e. The van der Waals surface area contributed by atoms with E-state index in [-0.39, 0.29) is 31.6 Å². The third-order valence-corrected chi connectivity index (χ3v) is 5.11. The summed E-state index contributed by atoms with van der Waals surface area (Å²) in [5.41, 5.74) is 1.61. The number of allylic oxidation sites excluding steroid dienone is 2. The van der Waals surface area contributed by atoms with Gasteiger partial charge >= 0.3 is 0 Å². The van der Waals surface area contributed by atoms with Crippen molar-refractivity contribution in [2.75, 3.05) is 0 Å². The molecule has 0 aromatic heterocycles. The van der Waals surface area contributed by atoms with Gasteiger partial charge < -0.3 is 4.90 Å². The highest BCUT2D eigenvalue weighted by atomic mass is 16.2. The van der Waals surface area contributed by atoms with Gasteiger partial charge in [-0.2, -0.15) is 0 Å². The van der Waals surface area contributed by atoms with Crippen LogP contribution in [0.25, 0.3) is 0 Å². The summed E-state index contributed by atoms with van der Waals surface area (Å²) in [5.74, 6) is -0.283. The number of amides is 3. The first-order valence-electron chi connectivity index (χ1n) is 8.17. The number of piperidine rings is 1. The highest BCUT2D eigenvalue weighted by Crippen LogP contribution is 2.46. The Balaban J connectivity index is 0.00000208. The van der Waals surface area contributed by atoms with Crippen LogP contribution in [0, 0.1) is 17.8 Å². The lowest BCUT2D eigenvalue weighted by atomic mass is 9.78. The van der Waals surface area contributed by atoms with Crippen LogP contribution in [0.15, 0.2) is 23.3 Å². The monoisotopic (exact) mass is 317 g/mol. The molecule has 0 aromatic carbocycles. The minimum atomic E-state index is -0.628. The lowest BCUT2D eigenvalue weighted by Crippen LogP contribution is -2.55. The van der Waals surface area contributed by atoms with Crippen LogP contribution in [-0.2, 0) is 14.4 Å². The van der Waals surface area contributed by atoms with Crippen LogP contribution in [0.1, 0.15) is 42.0 Å². The number of rotatable bonds is 2. The van der Waals surface area contributed by atoms with Crippen LogP contribution in [-0.4, -0.2) is 34.7 Å². The molecule has 0 aromatic rings. The fourth-order valence-electron chi connectivity index (χ4n) is 3.63. The minimum Gasteiger partial charge on any atom is -0.323 e. The standard InChI is InChI=1S/C18H23N2O3.H2/c1-10(2)11-5-6-13-12(9-11)18(3,4)17(23)20(13)14-7-8-15(21)19-16(14)22;/h5-6,9-10,13-14H,7-8H2,1-4H3,(H,19,21,22);1H. The number of hydrogen-bond donors (Lipinski definition) is 1. The van der Waals surface area contributed by atoms with E-state index >= 15 is 0 Å². The maximum Gasteiger partial charge on any atom is 0.249 e. The van der Waals surface area contributed by atoms with Crippen molar-refractivity contribution in [1.29, 1.82) is 0 Å². The zero-order chi connectivity index (χ0) is 16.9. The predicted octanol–water partition coefficient (Wildman–Crippen LogP) is 2.00. The molecule has 125 valence electrons. The van der Waals surface area contributed by atoms with Crippen LogP contribution < -0.4 is 5.32 Å². The second kappa shape index (κ2) is 5.32. The maximum atomic E-state index is 13.0. The minimum absolute atomic E-state index is 0. The average Bonchev–Trinajstić information content (AvgIpc) is 2.67. The molecule has 0 spiro atoms. The second-order valence-corrected chi connectivity index (χ2v) is 7.36. The summed E-state index contributed by atoms with van der Waals surface area (Å²) in [6.45, 7) is 8.08. The first-order valence-corrected chi connectivity index (χ1v) is 8.17. The van der Waals surface area contributed by atoms with E-state index in [0.717, 1.165) is 5.57 Å². The summed E-state index contributed by atoms with van der Waals surface area (Å²) in [4.78, 5) is 38.2. The topological polar surface area (TPSA) is 66.5 Å². The van der Waals surface area contributed by atoms with Gasteiger partial charge in [0.25, 0.3) is 0 Å². The Morgan fingerprint density at radius 3 is 2.61 bits per heavy atom. The van der Waals surface area contributed by atoms with Gasteiger partial charge in [-0.25, -0.2) is 0 Å². The Hall–Kier alpha value is -1.91. The summed E-state index contributed by atoms with van der Waals surface area (Å²) in [7, 11) is 0. The van der Waals surface area contributed by atoms with Crippen molar-refractivity contribution in [1.82, 2.24) is 10.2 Å². The number of fused-ring (bicyclic) bond motifs is 1. The van der Waals surface area contributed by atoms with E-state index in [2.05, 4.69) is 25.2 Å². The Morgan fingerprint density at radius 1 is 1.30 bits per heavy atom. The molecule has 1 aliphatic carbocycles. The first-order chi connectivity index (χ1) is 10.7. The van der Waals surface area contributed by atoms with E-state index in [1.165, 1.54) is 5.57 Å². The molecular formula is C18H25N2O3. The summed E-state index contributed by atoms with van der Waals surface area (Å²) in [6, 6.07) is -0.760. The van der Waals surface area contributed by atoms with Crippen molar-refractivity contribution in [3.63, 3.8) is 0 Å². The third kappa shape index (κ3) is 2.42. The van der Waals surface area contributed by atoms with E-state index in [1.54, 1.807) is 4.90 Å². The quantitative estimate of drug-likeness (QED) is 0.792. The molecule has 1 N–H and O–H groups in total. The summed E-state index contributed by atoms with van der Waals surface area (Å²) in [6.07, 6.45) is 6.84. The predicted molar refractivity (Wildman–Crippen MR) is 88.0 cm³/mol. The van der Waals surface area contributed by atoms with Crippen molar-refractivity contribution in [2.45, 2.75) is 52.6 Å². The molecular weight excluding hydrogens is 292 g/mol. The summed E-state index contributed by atoms with van der Waals surface area (Å²) >= 11 is 0. The average molecular weight is 317 g/mol. The van der Waals surface area contributed by atoms with Crippen LogP contribution in [0.2, 0.25) is 0 Å². The van der Waals surface area contributed by atoms with Gasteiger partial charge in [0.2, 0.25) is 17.7 Å². The molecule has 2 aliphatic heterocycles. The molecule has 23 heavy (non-hydrogen) atoms. The molecule has 3 amide bonds. The second-order valence-electron chi connectivity index (χ2n) is 7.36. The van der Waals surface area contributed by atoms with Gasteiger partial charge in [-0.1, -0.05) is 26.0 Å². The molecule has 2 heterocycles. The Kier molecular flexibility index (Phi) is 3.69. The molecule has 3 aliphatic rings. The molecule has 5 nitrogen and oxygen atoms in total. The number of nitrogens with one attached hydrogen (secondary N) is 1. The smallest absolute Gasteiger partial charge is 0.249 e. The fraction of sp³-hybridized carbons (Fsp3) is 0.556. The van der Waals surface area contributed by atoms with Crippen LogP contribution in [0.5, 0.6) is 0 Å². The zero-order valence-electron chi connectivity index (χ0n) is 14.1. The Morgan fingerprint density at radius 2 is 2.00 bits per heavy atom. The van der Waals surface area contributed by atoms with Crippen molar-refractivity contribution in [3.05, 3.63) is 29.7 Å². The van der Waals surface area contributed by atoms with Gasteiger partial charge in [-0.3, -0.25) is 19.7 Å². The van der Waals surface area contributed by atoms with E-state index in [1.807, 2.05) is 26.3 Å². The Bertz CT molecular complexity index is 649. The van der Waals surface area contributed by atoms with E-state index in [9.17, 15) is 14.4 Å². The highest BCUT2D eigenvalue weighted by Gasteiger charge is 2.53. The molecule has 2 saturated heterocycles. The third-order valence-electron chi connectivity index (χ3n) is 5.11. The normalized spacial score (nSPS) is 30.1. The Labute approximate surface area is 138 Å². The first kappa shape index (κ1) is 16.0. The maximum absolute atomic E-state index is 13.0.